The third kappa shape index (κ3) is 4.84. The van der Waals surface area contributed by atoms with Crippen LogP contribution in [-0.4, -0.2) is 33.1 Å². The SMILES string of the molecule is COc1cccc([C@H](C)NCCS(=O)(=O)C(C)C)c1. The van der Waals surface area contributed by atoms with E-state index in [4.69, 9.17) is 4.74 Å². The third-order valence-electron chi connectivity index (χ3n) is 3.15. The molecule has 0 saturated heterocycles. The Morgan fingerprint density at radius 1 is 1.26 bits per heavy atom. The van der Waals surface area contributed by atoms with Crippen molar-refractivity contribution in [2.24, 2.45) is 0 Å². The molecule has 0 radical (unpaired) electrons. The van der Waals surface area contributed by atoms with E-state index in [1.807, 2.05) is 31.2 Å². The number of hydrogen-bond acceptors (Lipinski definition) is 4. The molecule has 0 aliphatic rings. The van der Waals surface area contributed by atoms with Gasteiger partial charge in [-0.25, -0.2) is 8.42 Å². The van der Waals surface area contributed by atoms with Crippen LogP contribution in [0, 0.1) is 0 Å². The molecular weight excluding hydrogens is 262 g/mol. The summed E-state index contributed by atoms with van der Waals surface area (Å²) in [5.74, 6) is 0.972. The minimum atomic E-state index is -2.98. The quantitative estimate of drug-likeness (QED) is 0.834. The molecule has 108 valence electrons. The summed E-state index contributed by atoms with van der Waals surface area (Å²) in [4.78, 5) is 0. The number of methoxy groups -OCH3 is 1. The fourth-order valence-electron chi connectivity index (χ4n) is 1.68. The summed E-state index contributed by atoms with van der Waals surface area (Å²) in [5.41, 5.74) is 1.08. The van der Waals surface area contributed by atoms with Gasteiger partial charge in [0.05, 0.1) is 18.1 Å². The normalized spacial score (nSPS) is 13.5. The van der Waals surface area contributed by atoms with Crippen LogP contribution in [0.5, 0.6) is 5.75 Å². The summed E-state index contributed by atoms with van der Waals surface area (Å²) in [6.07, 6.45) is 0. The van der Waals surface area contributed by atoms with Crippen molar-refractivity contribution >= 4 is 9.84 Å². The number of rotatable bonds is 7. The second-order valence-electron chi connectivity index (χ2n) is 4.87. The minimum Gasteiger partial charge on any atom is -0.497 e. The highest BCUT2D eigenvalue weighted by atomic mass is 32.2. The summed E-state index contributed by atoms with van der Waals surface area (Å²) in [5, 5.41) is 2.91. The standard InChI is InChI=1S/C14H23NO3S/c1-11(2)19(16,17)9-8-15-12(3)13-6-5-7-14(10-13)18-4/h5-7,10-12,15H,8-9H2,1-4H3/t12-/m0/s1. The maximum atomic E-state index is 11.7. The first-order chi connectivity index (χ1) is 8.86. The first-order valence-electron chi connectivity index (χ1n) is 6.45. The van der Waals surface area contributed by atoms with Gasteiger partial charge in [-0.1, -0.05) is 12.1 Å². The lowest BCUT2D eigenvalue weighted by Crippen LogP contribution is -2.29. The molecule has 5 heteroatoms. The summed E-state index contributed by atoms with van der Waals surface area (Å²) in [6, 6.07) is 7.86. The van der Waals surface area contributed by atoms with Gasteiger partial charge in [-0.15, -0.1) is 0 Å². The molecule has 0 aliphatic carbocycles. The van der Waals surface area contributed by atoms with E-state index < -0.39 is 9.84 Å². The van der Waals surface area contributed by atoms with Crippen molar-refractivity contribution in [1.29, 1.82) is 0 Å². The number of sulfone groups is 1. The zero-order chi connectivity index (χ0) is 14.5. The fraction of sp³-hybridized carbons (Fsp3) is 0.571. The molecule has 0 saturated carbocycles. The number of benzene rings is 1. The van der Waals surface area contributed by atoms with Crippen molar-refractivity contribution in [1.82, 2.24) is 5.32 Å². The molecule has 0 amide bonds. The predicted octanol–water partition coefficient (Wildman–Crippen LogP) is 2.17. The van der Waals surface area contributed by atoms with Crippen molar-refractivity contribution < 1.29 is 13.2 Å². The second kappa shape index (κ2) is 6.91. The summed E-state index contributed by atoms with van der Waals surface area (Å²) >= 11 is 0. The maximum Gasteiger partial charge on any atom is 0.153 e. The van der Waals surface area contributed by atoms with Crippen LogP contribution in [0.1, 0.15) is 32.4 Å². The molecule has 0 spiro atoms. The van der Waals surface area contributed by atoms with Gasteiger partial charge in [-0.3, -0.25) is 0 Å². The molecule has 1 aromatic carbocycles. The predicted molar refractivity (Wildman–Crippen MR) is 78.3 cm³/mol. The van der Waals surface area contributed by atoms with E-state index in [2.05, 4.69) is 5.32 Å². The van der Waals surface area contributed by atoms with Crippen LogP contribution < -0.4 is 10.1 Å². The van der Waals surface area contributed by atoms with Crippen LogP contribution in [0.4, 0.5) is 0 Å². The smallest absolute Gasteiger partial charge is 0.153 e. The molecule has 1 aromatic rings. The molecule has 0 heterocycles. The van der Waals surface area contributed by atoms with Crippen molar-refractivity contribution in [2.45, 2.75) is 32.1 Å². The lowest BCUT2D eigenvalue weighted by atomic mass is 10.1. The molecule has 1 atom stereocenters. The highest BCUT2D eigenvalue weighted by Crippen LogP contribution is 2.18. The van der Waals surface area contributed by atoms with Gasteiger partial charge >= 0.3 is 0 Å². The zero-order valence-corrected chi connectivity index (χ0v) is 12.8. The van der Waals surface area contributed by atoms with Gasteiger partial charge in [0.2, 0.25) is 0 Å². The van der Waals surface area contributed by atoms with Crippen LogP contribution in [0.2, 0.25) is 0 Å². The van der Waals surface area contributed by atoms with Crippen LogP contribution >= 0.6 is 0 Å². The van der Waals surface area contributed by atoms with E-state index in [9.17, 15) is 8.42 Å². The van der Waals surface area contributed by atoms with Gasteiger partial charge in [0.1, 0.15) is 5.75 Å². The van der Waals surface area contributed by atoms with Crippen LogP contribution in [0.15, 0.2) is 24.3 Å². The molecule has 4 nitrogen and oxygen atoms in total. The Hall–Kier alpha value is -1.07. The second-order valence-corrected chi connectivity index (χ2v) is 7.54. The van der Waals surface area contributed by atoms with E-state index in [0.717, 1.165) is 11.3 Å². The molecule has 19 heavy (non-hydrogen) atoms. The topological polar surface area (TPSA) is 55.4 Å². The van der Waals surface area contributed by atoms with Gasteiger partial charge in [0, 0.05) is 12.6 Å². The first kappa shape index (κ1) is 16.0. The van der Waals surface area contributed by atoms with Crippen LogP contribution in [-0.2, 0) is 9.84 Å². The van der Waals surface area contributed by atoms with Crippen LogP contribution in [0.25, 0.3) is 0 Å². The fourth-order valence-corrected chi connectivity index (χ4v) is 2.56. The summed E-state index contributed by atoms with van der Waals surface area (Å²) in [6.45, 7) is 5.89. The van der Waals surface area contributed by atoms with Crippen molar-refractivity contribution in [3.8, 4) is 5.75 Å². The van der Waals surface area contributed by atoms with Gasteiger partial charge < -0.3 is 10.1 Å². The van der Waals surface area contributed by atoms with Gasteiger partial charge in [0.15, 0.2) is 9.84 Å². The van der Waals surface area contributed by atoms with E-state index >= 15 is 0 Å². The lowest BCUT2D eigenvalue weighted by Gasteiger charge is -2.15. The van der Waals surface area contributed by atoms with Gasteiger partial charge in [-0.2, -0.15) is 0 Å². The minimum absolute atomic E-state index is 0.0949. The average Bonchev–Trinajstić information content (AvgIpc) is 2.38. The van der Waals surface area contributed by atoms with E-state index in [0.29, 0.717) is 6.54 Å². The highest BCUT2D eigenvalue weighted by Gasteiger charge is 2.16. The molecule has 0 bridgehead atoms. The van der Waals surface area contributed by atoms with Crippen LogP contribution in [0.3, 0.4) is 0 Å². The summed E-state index contributed by atoms with van der Waals surface area (Å²) in [7, 11) is -1.34. The highest BCUT2D eigenvalue weighted by molar-refractivity contribution is 7.92. The Morgan fingerprint density at radius 2 is 1.95 bits per heavy atom. The number of nitrogens with one attached hydrogen (secondary N) is 1. The molecular formula is C14H23NO3S. The van der Waals surface area contributed by atoms with Crippen molar-refractivity contribution in [2.75, 3.05) is 19.4 Å². The summed E-state index contributed by atoms with van der Waals surface area (Å²) < 4.78 is 28.5. The average molecular weight is 285 g/mol. The third-order valence-corrected chi connectivity index (χ3v) is 5.36. The Balaban J connectivity index is 2.54. The monoisotopic (exact) mass is 285 g/mol. The van der Waals surface area contributed by atoms with Crippen molar-refractivity contribution in [3.63, 3.8) is 0 Å². The molecule has 0 unspecified atom stereocenters. The van der Waals surface area contributed by atoms with Gasteiger partial charge in [-0.05, 0) is 38.5 Å². The largest absolute Gasteiger partial charge is 0.497 e. The van der Waals surface area contributed by atoms with E-state index in [1.165, 1.54) is 0 Å². The molecule has 1 rings (SSSR count). The zero-order valence-electron chi connectivity index (χ0n) is 12.0. The number of ether oxygens (including phenoxy) is 1. The Kier molecular flexibility index (Phi) is 5.82. The first-order valence-corrected chi connectivity index (χ1v) is 8.17. The Labute approximate surface area is 116 Å². The lowest BCUT2D eigenvalue weighted by molar-refractivity contribution is 0.413. The Morgan fingerprint density at radius 3 is 2.53 bits per heavy atom. The van der Waals surface area contributed by atoms with E-state index in [1.54, 1.807) is 21.0 Å². The Bertz CT molecular complexity index is 497. The van der Waals surface area contributed by atoms with Crippen molar-refractivity contribution in [3.05, 3.63) is 29.8 Å². The molecule has 1 N–H and O–H groups in total. The van der Waals surface area contributed by atoms with Gasteiger partial charge in [0.25, 0.3) is 0 Å². The molecule has 0 fully saturated rings. The molecule has 0 aliphatic heterocycles. The maximum absolute atomic E-state index is 11.7. The molecule has 0 aromatic heterocycles. The number of hydrogen-bond donors (Lipinski definition) is 1. The van der Waals surface area contributed by atoms with E-state index in [-0.39, 0.29) is 17.0 Å².